The molecule has 11 heteroatoms. The van der Waals surface area contributed by atoms with E-state index in [0.29, 0.717) is 0 Å². The second-order valence-electron chi connectivity index (χ2n) is 3.99. The smallest absolute Gasteiger partial charge is 0.481 e. The Bertz CT molecular complexity index is 370. The van der Waals surface area contributed by atoms with Gasteiger partial charge < -0.3 is 9.84 Å². The Balaban J connectivity index is 0.000000423. The third-order valence-electron chi connectivity index (χ3n) is 2.35. The number of carboxylic acids is 1. The third-order valence-corrected chi connectivity index (χ3v) is 2.35. The first kappa shape index (κ1) is 19.2. The highest BCUT2D eigenvalue weighted by atomic mass is 19.4. The molecule has 0 amide bonds. The van der Waals surface area contributed by atoms with Crippen LogP contribution in [-0.4, -0.2) is 35.4 Å². The van der Waals surface area contributed by atoms with E-state index in [9.17, 15) is 40.7 Å². The zero-order chi connectivity index (χ0) is 16.8. The highest BCUT2D eigenvalue weighted by Gasteiger charge is 2.49. The minimum absolute atomic E-state index is 0.0185. The molecule has 0 aliphatic heterocycles. The monoisotopic (exact) mass is 324 g/mol. The number of halogens is 6. The lowest BCUT2D eigenvalue weighted by Crippen LogP contribution is -2.34. The van der Waals surface area contributed by atoms with Gasteiger partial charge in [-0.3, -0.25) is 4.79 Å². The van der Waals surface area contributed by atoms with Crippen LogP contribution >= 0.6 is 0 Å². The Morgan fingerprint density at radius 2 is 1.19 bits per heavy atom. The summed E-state index contributed by atoms with van der Waals surface area (Å²) in [4.78, 5) is 29.5. The minimum Gasteiger partial charge on any atom is -0.481 e. The van der Waals surface area contributed by atoms with Gasteiger partial charge in [0, 0.05) is 0 Å². The van der Waals surface area contributed by atoms with E-state index in [1.165, 1.54) is 0 Å². The average molecular weight is 324 g/mol. The minimum atomic E-state index is -5.62. The molecule has 1 aliphatic carbocycles. The van der Waals surface area contributed by atoms with Crippen molar-refractivity contribution in [3.63, 3.8) is 0 Å². The van der Waals surface area contributed by atoms with E-state index in [4.69, 9.17) is 5.11 Å². The quantitative estimate of drug-likeness (QED) is 0.455. The van der Waals surface area contributed by atoms with Crippen LogP contribution in [0.15, 0.2) is 0 Å². The molecule has 0 aromatic rings. The van der Waals surface area contributed by atoms with Crippen LogP contribution < -0.4 is 0 Å². The largest absolute Gasteiger partial charge is 0.491 e. The van der Waals surface area contributed by atoms with E-state index in [0.717, 1.165) is 25.7 Å². The fourth-order valence-electron chi connectivity index (χ4n) is 1.37. The van der Waals surface area contributed by atoms with Gasteiger partial charge in [0.05, 0.1) is 5.92 Å². The molecule has 0 spiro atoms. The average Bonchev–Trinajstić information content (AvgIpc) is 2.80. The molecule has 1 rings (SSSR count). The van der Waals surface area contributed by atoms with Crippen molar-refractivity contribution in [2.24, 2.45) is 5.92 Å². The second kappa shape index (κ2) is 7.27. The highest BCUT2D eigenvalue weighted by Crippen LogP contribution is 2.24. The van der Waals surface area contributed by atoms with Crippen LogP contribution in [0.3, 0.4) is 0 Å². The molecule has 0 radical (unpaired) electrons. The lowest BCUT2D eigenvalue weighted by molar-refractivity contribution is -0.221. The van der Waals surface area contributed by atoms with E-state index in [1.54, 1.807) is 0 Å². The topological polar surface area (TPSA) is 80.7 Å². The summed E-state index contributed by atoms with van der Waals surface area (Å²) in [5.41, 5.74) is 0. The van der Waals surface area contributed by atoms with Crippen molar-refractivity contribution in [2.45, 2.75) is 38.0 Å². The van der Waals surface area contributed by atoms with Crippen molar-refractivity contribution in [2.75, 3.05) is 0 Å². The van der Waals surface area contributed by atoms with Gasteiger partial charge in [0.15, 0.2) is 0 Å². The Kier molecular flexibility index (Phi) is 6.64. The molecule has 21 heavy (non-hydrogen) atoms. The Labute approximate surface area is 113 Å². The maximum atomic E-state index is 11.2. The first-order valence-electron chi connectivity index (χ1n) is 5.48. The summed E-state index contributed by atoms with van der Waals surface area (Å²) < 4.78 is 69.7. The number of hydrogen-bond acceptors (Lipinski definition) is 4. The fourth-order valence-corrected chi connectivity index (χ4v) is 1.37. The zero-order valence-corrected chi connectivity index (χ0v) is 10.3. The van der Waals surface area contributed by atoms with Gasteiger partial charge in [0.25, 0.3) is 0 Å². The molecule has 0 aromatic heterocycles. The summed E-state index contributed by atoms with van der Waals surface area (Å²) in [5, 5.41) is 8.41. The number of alkyl halides is 6. The Hall–Kier alpha value is -1.81. The van der Waals surface area contributed by atoms with Crippen molar-refractivity contribution >= 4 is 17.9 Å². The number of carbonyl (C=O) groups excluding carboxylic acids is 2. The molecule has 0 bridgehead atoms. The summed E-state index contributed by atoms with van der Waals surface area (Å²) in [7, 11) is 0. The van der Waals surface area contributed by atoms with E-state index in [1.807, 2.05) is 0 Å². The van der Waals surface area contributed by atoms with Crippen molar-refractivity contribution in [3.8, 4) is 0 Å². The molecule has 122 valence electrons. The van der Waals surface area contributed by atoms with Gasteiger partial charge >= 0.3 is 30.3 Å². The van der Waals surface area contributed by atoms with Gasteiger partial charge in [-0.1, -0.05) is 12.8 Å². The van der Waals surface area contributed by atoms with Crippen LogP contribution in [0.25, 0.3) is 0 Å². The van der Waals surface area contributed by atoms with Gasteiger partial charge in [0.2, 0.25) is 0 Å². The number of carboxylic acid groups (broad SMARTS) is 1. The predicted octanol–water partition coefficient (Wildman–Crippen LogP) is 2.44. The van der Waals surface area contributed by atoms with Gasteiger partial charge in [-0.15, -0.1) is 0 Å². The molecular weight excluding hydrogens is 314 g/mol. The molecular formula is C10H10F6O5. The SMILES string of the molecule is O=C(O)C1CCCC1.O=C(OC(=O)C(F)(F)F)C(F)(F)F. The number of hydrogen-bond donors (Lipinski definition) is 1. The number of rotatable bonds is 1. The van der Waals surface area contributed by atoms with Crippen molar-refractivity contribution in [3.05, 3.63) is 0 Å². The predicted molar refractivity (Wildman–Crippen MR) is 52.8 cm³/mol. The molecule has 1 aliphatic rings. The van der Waals surface area contributed by atoms with Crippen molar-refractivity contribution in [1.29, 1.82) is 0 Å². The lowest BCUT2D eigenvalue weighted by atomic mass is 10.1. The second-order valence-corrected chi connectivity index (χ2v) is 3.99. The molecule has 1 fully saturated rings. The summed E-state index contributed by atoms with van der Waals surface area (Å²) in [6.07, 6.45) is -7.24. The van der Waals surface area contributed by atoms with Crippen LogP contribution in [0.2, 0.25) is 0 Å². The van der Waals surface area contributed by atoms with Crippen LogP contribution in [-0.2, 0) is 19.1 Å². The van der Waals surface area contributed by atoms with E-state index < -0.39 is 30.3 Å². The molecule has 0 atom stereocenters. The lowest BCUT2D eigenvalue weighted by Gasteiger charge is -2.06. The molecule has 1 saturated carbocycles. The molecule has 1 N–H and O–H groups in total. The Morgan fingerprint density at radius 3 is 1.38 bits per heavy atom. The molecule has 5 nitrogen and oxygen atoms in total. The maximum Gasteiger partial charge on any atom is 0.491 e. The Morgan fingerprint density at radius 1 is 0.857 bits per heavy atom. The maximum absolute atomic E-state index is 11.2. The number of ether oxygens (including phenoxy) is 1. The normalized spacial score (nSPS) is 15.9. The third kappa shape index (κ3) is 7.51. The number of carbonyl (C=O) groups is 3. The first-order chi connectivity index (χ1) is 9.35. The zero-order valence-electron chi connectivity index (χ0n) is 10.3. The summed E-state index contributed by atoms with van der Waals surface area (Å²) in [6.45, 7) is 0. The van der Waals surface area contributed by atoms with Gasteiger partial charge in [0.1, 0.15) is 0 Å². The van der Waals surface area contributed by atoms with Gasteiger partial charge in [-0.05, 0) is 12.8 Å². The van der Waals surface area contributed by atoms with Crippen LogP contribution in [0, 0.1) is 5.92 Å². The highest BCUT2D eigenvalue weighted by molar-refractivity contribution is 5.90. The van der Waals surface area contributed by atoms with Crippen LogP contribution in [0.1, 0.15) is 25.7 Å². The van der Waals surface area contributed by atoms with Crippen molar-refractivity contribution in [1.82, 2.24) is 0 Å². The molecule has 0 saturated heterocycles. The molecule has 0 aromatic carbocycles. The summed E-state index contributed by atoms with van der Waals surface area (Å²) in [5.74, 6) is -7.03. The van der Waals surface area contributed by atoms with Crippen LogP contribution in [0.4, 0.5) is 26.3 Å². The first-order valence-corrected chi connectivity index (χ1v) is 5.48. The summed E-state index contributed by atoms with van der Waals surface area (Å²) >= 11 is 0. The van der Waals surface area contributed by atoms with Gasteiger partial charge in [-0.25, -0.2) is 9.59 Å². The van der Waals surface area contributed by atoms with Gasteiger partial charge in [-0.2, -0.15) is 26.3 Å². The standard InChI is InChI=1S/C6H10O2.C4F6O3/c7-6(8)5-3-1-2-4-5;5-3(6,7)1(11)13-2(12)4(8,9)10/h5H,1-4H2,(H,7,8);. The van der Waals surface area contributed by atoms with Crippen molar-refractivity contribution < 1.29 is 50.6 Å². The van der Waals surface area contributed by atoms with E-state index >= 15 is 0 Å². The molecule has 0 unspecified atom stereocenters. The summed E-state index contributed by atoms with van der Waals surface area (Å²) in [6, 6.07) is 0. The number of aliphatic carboxylic acids is 1. The van der Waals surface area contributed by atoms with E-state index in [-0.39, 0.29) is 5.92 Å². The molecule has 0 heterocycles. The fraction of sp³-hybridized carbons (Fsp3) is 0.700. The van der Waals surface area contributed by atoms with Crippen LogP contribution in [0.5, 0.6) is 0 Å². The number of esters is 2. The van der Waals surface area contributed by atoms with E-state index in [2.05, 4.69) is 4.74 Å².